The molecule has 0 bridgehead atoms. The lowest BCUT2D eigenvalue weighted by Crippen LogP contribution is -2.47. The van der Waals surface area contributed by atoms with Gasteiger partial charge in [0.15, 0.2) is 0 Å². The molecule has 1 aliphatic carbocycles. The number of hydrogen-bond acceptors (Lipinski definition) is 2. The van der Waals surface area contributed by atoms with Gasteiger partial charge in [-0.3, -0.25) is 4.90 Å². The molecule has 2 saturated heterocycles. The molecular weight excluding hydrogens is 222 g/mol. The minimum atomic E-state index is 0.569. The zero-order valence-corrected chi connectivity index (χ0v) is 12.1. The van der Waals surface area contributed by atoms with E-state index in [0.29, 0.717) is 6.10 Å². The van der Waals surface area contributed by atoms with Gasteiger partial charge in [0.2, 0.25) is 0 Å². The summed E-state index contributed by atoms with van der Waals surface area (Å²) in [5, 5.41) is 0. The zero-order chi connectivity index (χ0) is 12.5. The third-order valence-electron chi connectivity index (χ3n) is 5.90. The molecule has 0 N–H and O–H groups in total. The molecule has 3 aliphatic rings. The first-order valence-electron chi connectivity index (χ1n) is 8.15. The monoisotopic (exact) mass is 251 g/mol. The van der Waals surface area contributed by atoms with Gasteiger partial charge in [-0.1, -0.05) is 33.1 Å². The van der Waals surface area contributed by atoms with Gasteiger partial charge in [-0.15, -0.1) is 0 Å². The zero-order valence-electron chi connectivity index (χ0n) is 12.1. The molecule has 2 aliphatic heterocycles. The van der Waals surface area contributed by atoms with Crippen LogP contribution in [0.5, 0.6) is 0 Å². The molecule has 0 aromatic carbocycles. The van der Waals surface area contributed by atoms with Gasteiger partial charge in [-0.05, 0) is 43.4 Å². The van der Waals surface area contributed by atoms with E-state index in [2.05, 4.69) is 18.7 Å². The van der Waals surface area contributed by atoms with E-state index >= 15 is 0 Å². The van der Waals surface area contributed by atoms with Crippen molar-refractivity contribution in [1.29, 1.82) is 0 Å². The maximum absolute atomic E-state index is 6.27. The Kier molecular flexibility index (Phi) is 3.95. The summed E-state index contributed by atoms with van der Waals surface area (Å²) in [5.74, 6) is 2.60. The molecule has 0 aromatic heterocycles. The molecule has 0 amide bonds. The highest BCUT2D eigenvalue weighted by atomic mass is 16.5. The van der Waals surface area contributed by atoms with E-state index in [4.69, 9.17) is 4.74 Å². The molecular formula is C16H29NO. The molecule has 0 spiro atoms. The Labute approximate surface area is 112 Å². The Hall–Kier alpha value is -0.0800. The van der Waals surface area contributed by atoms with Crippen molar-refractivity contribution in [2.75, 3.05) is 13.3 Å². The third kappa shape index (κ3) is 2.34. The summed E-state index contributed by atoms with van der Waals surface area (Å²) in [6.07, 6.45) is 10.3. The number of hydrogen-bond donors (Lipinski definition) is 0. The molecule has 1 saturated carbocycles. The first kappa shape index (κ1) is 12.9. The second-order valence-electron chi connectivity index (χ2n) is 6.83. The molecule has 3 fully saturated rings. The van der Waals surface area contributed by atoms with Crippen molar-refractivity contribution < 1.29 is 4.74 Å². The molecule has 2 nitrogen and oxygen atoms in total. The first-order valence-corrected chi connectivity index (χ1v) is 8.15. The van der Waals surface area contributed by atoms with Crippen LogP contribution < -0.4 is 0 Å². The van der Waals surface area contributed by atoms with Crippen LogP contribution in [0.25, 0.3) is 0 Å². The molecule has 2 heterocycles. The minimum absolute atomic E-state index is 0.569. The van der Waals surface area contributed by atoms with Crippen molar-refractivity contribution in [2.45, 2.75) is 70.9 Å². The molecule has 5 atom stereocenters. The molecule has 18 heavy (non-hydrogen) atoms. The lowest BCUT2D eigenvalue weighted by atomic mass is 9.73. The smallest absolute Gasteiger partial charge is 0.0996 e. The van der Waals surface area contributed by atoms with E-state index in [-0.39, 0.29) is 0 Å². The summed E-state index contributed by atoms with van der Waals surface area (Å²) in [5.41, 5.74) is 0. The van der Waals surface area contributed by atoms with Gasteiger partial charge in [0.25, 0.3) is 0 Å². The lowest BCUT2D eigenvalue weighted by Gasteiger charge is -2.42. The Balaban J connectivity index is 1.73. The van der Waals surface area contributed by atoms with Crippen LogP contribution in [0, 0.1) is 17.8 Å². The highest BCUT2D eigenvalue weighted by molar-refractivity contribution is 4.92. The van der Waals surface area contributed by atoms with Crippen molar-refractivity contribution in [1.82, 2.24) is 4.90 Å². The summed E-state index contributed by atoms with van der Waals surface area (Å²) in [6.45, 7) is 7.03. The molecule has 104 valence electrons. The second kappa shape index (κ2) is 5.50. The average molecular weight is 251 g/mol. The highest BCUT2D eigenvalue weighted by Crippen LogP contribution is 2.41. The maximum Gasteiger partial charge on any atom is 0.0996 e. The van der Waals surface area contributed by atoms with Gasteiger partial charge in [-0.25, -0.2) is 0 Å². The van der Waals surface area contributed by atoms with E-state index in [0.717, 1.165) is 30.5 Å². The Morgan fingerprint density at radius 3 is 2.78 bits per heavy atom. The second-order valence-corrected chi connectivity index (χ2v) is 6.83. The predicted molar refractivity (Wildman–Crippen MR) is 74.4 cm³/mol. The van der Waals surface area contributed by atoms with Crippen molar-refractivity contribution in [3.63, 3.8) is 0 Å². The number of piperidine rings is 1. The average Bonchev–Trinajstić information content (AvgIpc) is 2.57. The van der Waals surface area contributed by atoms with Crippen LogP contribution >= 0.6 is 0 Å². The fourth-order valence-corrected chi connectivity index (χ4v) is 4.64. The summed E-state index contributed by atoms with van der Waals surface area (Å²) in [7, 11) is 0. The normalized spacial score (nSPS) is 46.0. The van der Waals surface area contributed by atoms with Crippen LogP contribution in [-0.4, -0.2) is 30.3 Å². The van der Waals surface area contributed by atoms with Crippen molar-refractivity contribution in [3.8, 4) is 0 Å². The Bertz CT molecular complexity index is 280. The van der Waals surface area contributed by atoms with Gasteiger partial charge >= 0.3 is 0 Å². The van der Waals surface area contributed by atoms with Gasteiger partial charge in [-0.2, -0.15) is 0 Å². The summed E-state index contributed by atoms with van der Waals surface area (Å²) in [4.78, 5) is 2.67. The maximum atomic E-state index is 6.27. The van der Waals surface area contributed by atoms with Crippen molar-refractivity contribution >= 4 is 0 Å². The van der Waals surface area contributed by atoms with E-state index in [9.17, 15) is 0 Å². The molecule has 0 unspecified atom stereocenters. The molecule has 0 radical (unpaired) electrons. The third-order valence-corrected chi connectivity index (χ3v) is 5.90. The first-order chi connectivity index (χ1) is 8.79. The molecule has 0 aromatic rings. The van der Waals surface area contributed by atoms with Crippen LogP contribution in [0.4, 0.5) is 0 Å². The van der Waals surface area contributed by atoms with Crippen LogP contribution in [0.1, 0.15) is 58.8 Å². The van der Waals surface area contributed by atoms with Gasteiger partial charge in [0.1, 0.15) is 0 Å². The Morgan fingerprint density at radius 1 is 1.11 bits per heavy atom. The molecule has 3 rings (SSSR count). The standard InChI is InChI=1S/C16H29NO/c1-3-13-8-9-15-12(2)14-6-4-5-7-16(14)18-11-17(15)10-13/h12-16H,3-11H2,1-2H3/t12-,13+,14+,15+,16-/m1/s1. The minimum Gasteiger partial charge on any atom is -0.363 e. The fraction of sp³-hybridized carbons (Fsp3) is 1.00. The Morgan fingerprint density at radius 2 is 1.94 bits per heavy atom. The summed E-state index contributed by atoms with van der Waals surface area (Å²) < 4.78 is 6.27. The van der Waals surface area contributed by atoms with Crippen molar-refractivity contribution in [3.05, 3.63) is 0 Å². The number of ether oxygens (including phenoxy) is 1. The van der Waals surface area contributed by atoms with Crippen molar-refractivity contribution in [2.24, 2.45) is 17.8 Å². The SMILES string of the molecule is CC[C@H]1CC[C@H]2[C@H](C)[C@@H]3CCCC[C@H]3OCN2C1. The highest BCUT2D eigenvalue weighted by Gasteiger charge is 2.41. The number of nitrogens with zero attached hydrogens (tertiary/aromatic N) is 1. The van der Waals surface area contributed by atoms with Crippen LogP contribution in [0.2, 0.25) is 0 Å². The topological polar surface area (TPSA) is 12.5 Å². The molecule has 2 heteroatoms. The van der Waals surface area contributed by atoms with E-state index in [1.807, 2.05) is 0 Å². The largest absolute Gasteiger partial charge is 0.363 e. The van der Waals surface area contributed by atoms with Crippen LogP contribution in [0.3, 0.4) is 0 Å². The number of rotatable bonds is 1. The fourth-order valence-electron chi connectivity index (χ4n) is 4.64. The summed E-state index contributed by atoms with van der Waals surface area (Å²) in [6, 6.07) is 0.806. The van der Waals surface area contributed by atoms with E-state index in [1.54, 1.807) is 0 Å². The quantitative estimate of drug-likeness (QED) is 0.705. The van der Waals surface area contributed by atoms with E-state index in [1.165, 1.54) is 51.5 Å². The van der Waals surface area contributed by atoms with Crippen LogP contribution in [-0.2, 0) is 4.74 Å². The summed E-state index contributed by atoms with van der Waals surface area (Å²) >= 11 is 0. The lowest BCUT2D eigenvalue weighted by molar-refractivity contribution is -0.0526. The number of fused-ring (bicyclic) bond motifs is 2. The van der Waals surface area contributed by atoms with Gasteiger partial charge < -0.3 is 4.74 Å². The van der Waals surface area contributed by atoms with Gasteiger partial charge in [0.05, 0.1) is 12.8 Å². The van der Waals surface area contributed by atoms with Gasteiger partial charge in [0, 0.05) is 12.6 Å². The van der Waals surface area contributed by atoms with E-state index < -0.39 is 0 Å². The van der Waals surface area contributed by atoms with Crippen LogP contribution in [0.15, 0.2) is 0 Å². The predicted octanol–water partition coefficient (Wildman–Crippen LogP) is 3.66.